The quantitative estimate of drug-likeness (QED) is 0.745. The van der Waals surface area contributed by atoms with Gasteiger partial charge >= 0.3 is 11.9 Å². The number of nitrogens with zero attached hydrogens (tertiary/aromatic N) is 2. The van der Waals surface area contributed by atoms with E-state index in [0.717, 1.165) is 5.69 Å². The minimum atomic E-state index is -0.552. The molecular formula is C16H20N4O5. The van der Waals surface area contributed by atoms with Crippen LogP contribution < -0.4 is 5.56 Å². The standard InChI is InChI=1S/C16H20N4O5/c1-3-24-11(21)7-8-20-10-6-5-9-13(17-18-15(9)22)12(10)14(19-20)16(23)25-4-2/h3-8H2,1-2H3,(H2,17,18,22). The summed E-state index contributed by atoms with van der Waals surface area (Å²) < 4.78 is 11.7. The molecule has 25 heavy (non-hydrogen) atoms. The number of ether oxygens (including phenoxy) is 2. The van der Waals surface area contributed by atoms with Crippen LogP contribution in [0.5, 0.6) is 0 Å². The topological polar surface area (TPSA) is 119 Å². The Kier molecular flexibility index (Phi) is 4.73. The number of aromatic amines is 2. The summed E-state index contributed by atoms with van der Waals surface area (Å²) in [5.41, 5.74) is 2.49. The van der Waals surface area contributed by atoms with Gasteiger partial charge in [0.2, 0.25) is 0 Å². The first-order chi connectivity index (χ1) is 12.1. The monoisotopic (exact) mass is 348 g/mol. The third-order valence-electron chi connectivity index (χ3n) is 4.10. The predicted molar refractivity (Wildman–Crippen MR) is 87.2 cm³/mol. The number of nitrogens with one attached hydrogen (secondary N) is 2. The fourth-order valence-electron chi connectivity index (χ4n) is 3.05. The smallest absolute Gasteiger partial charge is 0.359 e. The molecule has 9 heteroatoms. The van der Waals surface area contributed by atoms with Crippen molar-refractivity contribution < 1.29 is 19.1 Å². The van der Waals surface area contributed by atoms with Gasteiger partial charge in [-0.2, -0.15) is 5.10 Å². The van der Waals surface area contributed by atoms with Crippen LogP contribution in [-0.2, 0) is 33.7 Å². The molecule has 1 aliphatic carbocycles. The molecule has 3 rings (SSSR count). The summed E-state index contributed by atoms with van der Waals surface area (Å²) in [5, 5.41) is 9.73. The van der Waals surface area contributed by atoms with E-state index in [2.05, 4.69) is 15.3 Å². The Labute approximate surface area is 143 Å². The van der Waals surface area contributed by atoms with Crippen LogP contribution in [0.1, 0.15) is 42.0 Å². The van der Waals surface area contributed by atoms with Crippen molar-refractivity contribution in [2.45, 2.75) is 39.7 Å². The van der Waals surface area contributed by atoms with Gasteiger partial charge in [0.25, 0.3) is 5.56 Å². The zero-order chi connectivity index (χ0) is 18.0. The lowest BCUT2D eigenvalue weighted by Crippen LogP contribution is -2.16. The molecule has 2 N–H and O–H groups in total. The summed E-state index contributed by atoms with van der Waals surface area (Å²) in [6.07, 6.45) is 1.24. The maximum Gasteiger partial charge on any atom is 0.359 e. The Morgan fingerprint density at radius 1 is 1.16 bits per heavy atom. The first-order valence-corrected chi connectivity index (χ1v) is 8.29. The molecule has 0 aromatic carbocycles. The molecule has 2 aromatic heterocycles. The Balaban J connectivity index is 2.01. The fraction of sp³-hybridized carbons (Fsp3) is 0.500. The van der Waals surface area contributed by atoms with Gasteiger partial charge in [-0.05, 0) is 26.7 Å². The molecule has 0 saturated heterocycles. The maximum atomic E-state index is 12.3. The summed E-state index contributed by atoms with van der Waals surface area (Å²) in [4.78, 5) is 35.8. The Morgan fingerprint density at radius 2 is 1.92 bits per heavy atom. The largest absolute Gasteiger partial charge is 0.466 e. The lowest BCUT2D eigenvalue weighted by atomic mass is 9.93. The number of aromatic nitrogens is 4. The van der Waals surface area contributed by atoms with Crippen LogP contribution in [0.2, 0.25) is 0 Å². The summed E-state index contributed by atoms with van der Waals surface area (Å²) in [5.74, 6) is -0.875. The van der Waals surface area contributed by atoms with E-state index in [1.165, 1.54) is 0 Å². The van der Waals surface area contributed by atoms with Crippen LogP contribution in [0.3, 0.4) is 0 Å². The molecule has 1 aliphatic rings. The van der Waals surface area contributed by atoms with E-state index in [9.17, 15) is 14.4 Å². The number of rotatable bonds is 6. The van der Waals surface area contributed by atoms with E-state index in [-0.39, 0.29) is 30.3 Å². The van der Waals surface area contributed by atoms with Crippen molar-refractivity contribution in [1.82, 2.24) is 20.0 Å². The molecule has 0 unspecified atom stereocenters. The number of fused-ring (bicyclic) bond motifs is 3. The second-order valence-corrected chi connectivity index (χ2v) is 5.60. The lowest BCUT2D eigenvalue weighted by molar-refractivity contribution is -0.143. The molecule has 0 saturated carbocycles. The van der Waals surface area contributed by atoms with Gasteiger partial charge in [-0.15, -0.1) is 0 Å². The van der Waals surface area contributed by atoms with Gasteiger partial charge in [0.1, 0.15) is 0 Å². The second kappa shape index (κ2) is 6.96. The third kappa shape index (κ3) is 3.09. The van der Waals surface area contributed by atoms with E-state index in [1.807, 2.05) is 0 Å². The van der Waals surface area contributed by atoms with Crippen molar-refractivity contribution in [3.8, 4) is 11.3 Å². The second-order valence-electron chi connectivity index (χ2n) is 5.60. The molecule has 0 bridgehead atoms. The van der Waals surface area contributed by atoms with Gasteiger partial charge in [0.05, 0.1) is 37.4 Å². The van der Waals surface area contributed by atoms with Crippen molar-refractivity contribution in [3.05, 3.63) is 27.3 Å². The Morgan fingerprint density at radius 3 is 2.64 bits per heavy atom. The number of hydrogen-bond acceptors (Lipinski definition) is 6. The number of aryl methyl sites for hydroxylation is 1. The van der Waals surface area contributed by atoms with E-state index in [0.29, 0.717) is 42.8 Å². The van der Waals surface area contributed by atoms with Crippen molar-refractivity contribution in [3.63, 3.8) is 0 Å². The van der Waals surface area contributed by atoms with Gasteiger partial charge in [0, 0.05) is 11.3 Å². The molecule has 0 spiro atoms. The molecule has 0 aliphatic heterocycles. The molecule has 2 aromatic rings. The number of carbonyl (C=O) groups excluding carboxylic acids is 2. The van der Waals surface area contributed by atoms with Gasteiger partial charge in [-0.1, -0.05) is 0 Å². The first kappa shape index (κ1) is 17.0. The Bertz CT molecular complexity index is 860. The summed E-state index contributed by atoms with van der Waals surface area (Å²) in [7, 11) is 0. The number of esters is 2. The highest BCUT2D eigenvalue weighted by atomic mass is 16.5. The fourth-order valence-corrected chi connectivity index (χ4v) is 3.05. The van der Waals surface area contributed by atoms with Crippen LogP contribution >= 0.6 is 0 Å². The average Bonchev–Trinajstić information content (AvgIpc) is 3.14. The van der Waals surface area contributed by atoms with Gasteiger partial charge in [-0.25, -0.2) is 4.79 Å². The molecule has 0 fully saturated rings. The highest BCUT2D eigenvalue weighted by molar-refractivity contribution is 5.96. The van der Waals surface area contributed by atoms with Crippen LogP contribution in [0.25, 0.3) is 11.3 Å². The van der Waals surface area contributed by atoms with Crippen molar-refractivity contribution in [2.75, 3.05) is 13.2 Å². The summed E-state index contributed by atoms with van der Waals surface area (Å²) in [6, 6.07) is 0. The molecule has 0 radical (unpaired) electrons. The highest BCUT2D eigenvalue weighted by Crippen LogP contribution is 2.33. The molecular weight excluding hydrogens is 328 g/mol. The summed E-state index contributed by atoms with van der Waals surface area (Å²) in [6.45, 7) is 4.30. The van der Waals surface area contributed by atoms with Crippen molar-refractivity contribution in [1.29, 1.82) is 0 Å². The van der Waals surface area contributed by atoms with Crippen LogP contribution in [0, 0.1) is 0 Å². The molecule has 0 amide bonds. The molecule has 9 nitrogen and oxygen atoms in total. The normalized spacial score (nSPS) is 12.4. The number of hydrogen-bond donors (Lipinski definition) is 2. The number of H-pyrrole nitrogens is 2. The Hall–Kier alpha value is -2.84. The zero-order valence-corrected chi connectivity index (χ0v) is 14.2. The number of carbonyl (C=O) groups is 2. The van der Waals surface area contributed by atoms with Crippen molar-refractivity contribution in [2.24, 2.45) is 0 Å². The van der Waals surface area contributed by atoms with Crippen LogP contribution in [0.4, 0.5) is 0 Å². The van der Waals surface area contributed by atoms with Gasteiger partial charge < -0.3 is 9.47 Å². The summed E-state index contributed by atoms with van der Waals surface area (Å²) >= 11 is 0. The minimum Gasteiger partial charge on any atom is -0.466 e. The third-order valence-corrected chi connectivity index (χ3v) is 4.10. The average molecular weight is 348 g/mol. The maximum absolute atomic E-state index is 12.3. The first-order valence-electron chi connectivity index (χ1n) is 8.29. The lowest BCUT2D eigenvalue weighted by Gasteiger charge is -2.14. The highest BCUT2D eigenvalue weighted by Gasteiger charge is 2.31. The molecule has 2 heterocycles. The van der Waals surface area contributed by atoms with Gasteiger partial charge in [0.15, 0.2) is 5.69 Å². The van der Waals surface area contributed by atoms with E-state index >= 15 is 0 Å². The van der Waals surface area contributed by atoms with Crippen molar-refractivity contribution >= 4 is 11.9 Å². The minimum absolute atomic E-state index is 0.150. The van der Waals surface area contributed by atoms with Crippen LogP contribution in [0.15, 0.2) is 4.79 Å². The SMILES string of the molecule is CCOC(=O)CCn1nc(C(=O)OCC)c2c1CCc1c-2[nH][nH]c1=O. The van der Waals surface area contributed by atoms with Crippen LogP contribution in [-0.4, -0.2) is 45.1 Å². The van der Waals surface area contributed by atoms with E-state index < -0.39 is 5.97 Å². The predicted octanol–water partition coefficient (Wildman–Crippen LogP) is 0.795. The van der Waals surface area contributed by atoms with E-state index in [1.54, 1.807) is 18.5 Å². The zero-order valence-electron chi connectivity index (χ0n) is 14.2. The molecule has 134 valence electrons. The van der Waals surface area contributed by atoms with Gasteiger partial charge in [-0.3, -0.25) is 24.5 Å². The van der Waals surface area contributed by atoms with E-state index in [4.69, 9.17) is 9.47 Å². The molecule has 0 atom stereocenters.